The Labute approximate surface area is 128 Å². The Morgan fingerprint density at radius 1 is 1.41 bits per heavy atom. The van der Waals surface area contributed by atoms with E-state index < -0.39 is 6.61 Å². The van der Waals surface area contributed by atoms with Crippen LogP contribution in [0.1, 0.15) is 12.5 Å². The van der Waals surface area contributed by atoms with E-state index in [9.17, 15) is 13.6 Å². The van der Waals surface area contributed by atoms with Crippen molar-refractivity contribution in [3.8, 4) is 11.5 Å². The second kappa shape index (κ2) is 7.40. The van der Waals surface area contributed by atoms with Gasteiger partial charge in [-0.15, -0.1) is 0 Å². The molecule has 1 atom stereocenters. The highest BCUT2D eigenvalue weighted by atomic mass is 19.3. The number of alkyl halides is 2. The van der Waals surface area contributed by atoms with Gasteiger partial charge in [-0.3, -0.25) is 4.79 Å². The Morgan fingerprint density at radius 2 is 2.14 bits per heavy atom. The van der Waals surface area contributed by atoms with Crippen LogP contribution in [0.5, 0.6) is 11.5 Å². The largest absolute Gasteiger partial charge is 0.493 e. The van der Waals surface area contributed by atoms with Gasteiger partial charge in [0.2, 0.25) is 5.91 Å². The quantitative estimate of drug-likeness (QED) is 0.805. The molecule has 1 fully saturated rings. The van der Waals surface area contributed by atoms with Crippen molar-refractivity contribution in [1.82, 2.24) is 10.6 Å². The minimum Gasteiger partial charge on any atom is -0.493 e. The number of hydrogen-bond acceptors (Lipinski definition) is 4. The van der Waals surface area contributed by atoms with Gasteiger partial charge in [0.05, 0.1) is 7.11 Å². The fourth-order valence-corrected chi connectivity index (χ4v) is 2.25. The zero-order chi connectivity index (χ0) is 16.1. The van der Waals surface area contributed by atoms with Gasteiger partial charge in [0.25, 0.3) is 0 Å². The number of carbonyl (C=O) groups is 1. The van der Waals surface area contributed by atoms with Gasteiger partial charge >= 0.3 is 6.61 Å². The summed E-state index contributed by atoms with van der Waals surface area (Å²) in [5.41, 5.74) is 0.670. The summed E-state index contributed by atoms with van der Waals surface area (Å²) in [5.74, 6) is 0.424. The lowest BCUT2D eigenvalue weighted by atomic mass is 9.88. The number of ether oxygens (including phenoxy) is 2. The molecule has 0 spiro atoms. The fourth-order valence-electron chi connectivity index (χ4n) is 2.25. The molecule has 0 saturated carbocycles. The first kappa shape index (κ1) is 16.5. The van der Waals surface area contributed by atoms with Gasteiger partial charge in [-0.25, -0.2) is 0 Å². The van der Waals surface area contributed by atoms with E-state index in [1.165, 1.54) is 13.2 Å². The van der Waals surface area contributed by atoms with Crippen molar-refractivity contribution >= 4 is 5.91 Å². The molecule has 0 aromatic heterocycles. The molecule has 1 unspecified atom stereocenters. The molecule has 1 aliphatic heterocycles. The maximum atomic E-state index is 12.4. The Bertz CT molecular complexity index is 522. The maximum absolute atomic E-state index is 12.4. The average Bonchev–Trinajstić information content (AvgIpc) is 2.42. The Balaban J connectivity index is 1.95. The van der Waals surface area contributed by atoms with Gasteiger partial charge in [-0.05, 0) is 36.7 Å². The van der Waals surface area contributed by atoms with Crippen LogP contribution in [-0.4, -0.2) is 32.7 Å². The van der Waals surface area contributed by atoms with Crippen LogP contribution in [0, 0.1) is 11.8 Å². The van der Waals surface area contributed by atoms with Crippen LogP contribution in [0.2, 0.25) is 0 Å². The van der Waals surface area contributed by atoms with Crippen LogP contribution in [0.15, 0.2) is 18.2 Å². The van der Waals surface area contributed by atoms with E-state index in [4.69, 9.17) is 4.74 Å². The molecule has 2 rings (SSSR count). The number of benzene rings is 1. The minimum absolute atomic E-state index is 0.0412. The molecule has 1 saturated heterocycles. The molecule has 0 bridgehead atoms. The zero-order valence-corrected chi connectivity index (χ0v) is 12.6. The molecule has 1 aromatic carbocycles. The number of halogens is 2. The number of carbonyl (C=O) groups excluding carboxylic acids is 1. The summed E-state index contributed by atoms with van der Waals surface area (Å²) in [4.78, 5) is 12.0. The summed E-state index contributed by atoms with van der Waals surface area (Å²) in [5, 5.41) is 5.94. The van der Waals surface area contributed by atoms with Crippen LogP contribution >= 0.6 is 0 Å². The smallest absolute Gasteiger partial charge is 0.387 e. The van der Waals surface area contributed by atoms with Gasteiger partial charge in [0, 0.05) is 12.5 Å². The van der Waals surface area contributed by atoms with E-state index in [2.05, 4.69) is 15.4 Å². The Morgan fingerprint density at radius 3 is 2.68 bits per heavy atom. The highest BCUT2D eigenvalue weighted by molar-refractivity contribution is 5.78. The molecular formula is C15H20F2N2O3. The van der Waals surface area contributed by atoms with Gasteiger partial charge < -0.3 is 20.1 Å². The third kappa shape index (κ3) is 4.07. The maximum Gasteiger partial charge on any atom is 0.387 e. The normalized spacial score (nSPS) is 16.0. The molecule has 1 aliphatic rings. The van der Waals surface area contributed by atoms with Crippen molar-refractivity contribution < 1.29 is 23.0 Å². The van der Waals surface area contributed by atoms with E-state index >= 15 is 0 Å². The molecule has 0 radical (unpaired) electrons. The van der Waals surface area contributed by atoms with E-state index in [1.54, 1.807) is 12.1 Å². The average molecular weight is 314 g/mol. The number of nitrogens with one attached hydrogen (secondary N) is 2. The van der Waals surface area contributed by atoms with E-state index in [0.717, 1.165) is 13.1 Å². The van der Waals surface area contributed by atoms with Crippen molar-refractivity contribution in [3.63, 3.8) is 0 Å². The van der Waals surface area contributed by atoms with Crippen LogP contribution < -0.4 is 20.1 Å². The van der Waals surface area contributed by atoms with Gasteiger partial charge in [-0.1, -0.05) is 13.0 Å². The Kier molecular flexibility index (Phi) is 5.54. The monoisotopic (exact) mass is 314 g/mol. The molecular weight excluding hydrogens is 294 g/mol. The first-order chi connectivity index (χ1) is 10.5. The van der Waals surface area contributed by atoms with Crippen LogP contribution in [0.3, 0.4) is 0 Å². The lowest BCUT2D eigenvalue weighted by Gasteiger charge is -2.31. The number of methoxy groups -OCH3 is 1. The van der Waals surface area contributed by atoms with Gasteiger partial charge in [0.15, 0.2) is 11.5 Å². The van der Waals surface area contributed by atoms with E-state index in [1.807, 2.05) is 6.92 Å². The molecule has 22 heavy (non-hydrogen) atoms. The summed E-state index contributed by atoms with van der Waals surface area (Å²) in [6.45, 7) is 0.921. The molecule has 2 N–H and O–H groups in total. The fraction of sp³-hybridized carbons (Fsp3) is 0.533. The third-order valence-corrected chi connectivity index (χ3v) is 3.84. The second-order valence-electron chi connectivity index (χ2n) is 5.29. The highest BCUT2D eigenvalue weighted by Gasteiger charge is 2.28. The predicted octanol–water partition coefficient (Wildman–Crippen LogP) is 1.77. The molecule has 1 amide bonds. The van der Waals surface area contributed by atoms with Crippen molar-refractivity contribution in [2.45, 2.75) is 20.1 Å². The third-order valence-electron chi connectivity index (χ3n) is 3.84. The first-order valence-electron chi connectivity index (χ1n) is 7.11. The Hall–Kier alpha value is -1.89. The van der Waals surface area contributed by atoms with Gasteiger partial charge in [-0.2, -0.15) is 8.78 Å². The van der Waals surface area contributed by atoms with Gasteiger partial charge in [0.1, 0.15) is 0 Å². The predicted molar refractivity (Wildman–Crippen MR) is 77.0 cm³/mol. The van der Waals surface area contributed by atoms with Crippen LogP contribution in [0.4, 0.5) is 8.78 Å². The van der Waals surface area contributed by atoms with Crippen molar-refractivity contribution in [2.75, 3.05) is 20.2 Å². The standard InChI is InChI=1S/C15H20F2N2O3/c1-9(11-7-18-8-11)14(20)19-6-10-3-4-12(21-2)13(5-10)22-15(16)17/h3-5,9,11,15,18H,6-8H2,1-2H3,(H,19,20). The first-order valence-corrected chi connectivity index (χ1v) is 7.11. The number of hydrogen-bond donors (Lipinski definition) is 2. The topological polar surface area (TPSA) is 59.6 Å². The molecule has 122 valence electrons. The number of amides is 1. The minimum atomic E-state index is -2.93. The molecule has 7 heteroatoms. The summed E-state index contributed by atoms with van der Waals surface area (Å²) in [6.07, 6.45) is 0. The summed E-state index contributed by atoms with van der Waals surface area (Å²) < 4.78 is 34.1. The molecule has 1 heterocycles. The lowest BCUT2D eigenvalue weighted by molar-refractivity contribution is -0.126. The summed E-state index contributed by atoms with van der Waals surface area (Å²) >= 11 is 0. The van der Waals surface area contributed by atoms with Crippen molar-refractivity contribution in [2.24, 2.45) is 11.8 Å². The SMILES string of the molecule is COc1ccc(CNC(=O)C(C)C2CNC2)cc1OC(F)F. The zero-order valence-electron chi connectivity index (χ0n) is 12.6. The van der Waals surface area contributed by atoms with Crippen molar-refractivity contribution in [1.29, 1.82) is 0 Å². The number of rotatable bonds is 7. The van der Waals surface area contributed by atoms with Crippen LogP contribution in [0.25, 0.3) is 0 Å². The van der Waals surface area contributed by atoms with E-state index in [-0.39, 0.29) is 29.9 Å². The van der Waals surface area contributed by atoms with E-state index in [0.29, 0.717) is 11.5 Å². The van der Waals surface area contributed by atoms with Crippen LogP contribution in [-0.2, 0) is 11.3 Å². The summed E-state index contributed by atoms with van der Waals surface area (Å²) in [7, 11) is 1.38. The lowest BCUT2D eigenvalue weighted by Crippen LogP contribution is -2.49. The summed E-state index contributed by atoms with van der Waals surface area (Å²) in [6, 6.07) is 4.69. The van der Waals surface area contributed by atoms with Crippen molar-refractivity contribution in [3.05, 3.63) is 23.8 Å². The molecule has 5 nitrogen and oxygen atoms in total. The molecule has 1 aromatic rings. The molecule has 0 aliphatic carbocycles. The highest BCUT2D eigenvalue weighted by Crippen LogP contribution is 2.29. The second-order valence-corrected chi connectivity index (χ2v) is 5.29.